The lowest BCUT2D eigenvalue weighted by Gasteiger charge is -1.80. The van der Waals surface area contributed by atoms with Crippen LogP contribution >= 0.6 is 0 Å². The molecule has 0 radical (unpaired) electrons. The van der Waals surface area contributed by atoms with Gasteiger partial charge in [-0.2, -0.15) is 0 Å². The van der Waals surface area contributed by atoms with Crippen molar-refractivity contribution in [1.29, 1.82) is 0 Å². The first kappa shape index (κ1) is 8.22. The number of hydrogen-bond acceptors (Lipinski definition) is 0. The van der Waals surface area contributed by atoms with Gasteiger partial charge in [0.1, 0.15) is 0 Å². The van der Waals surface area contributed by atoms with E-state index in [9.17, 15) is 0 Å². The third-order valence-electron chi connectivity index (χ3n) is 0.868. The molecule has 0 aromatic carbocycles. The van der Waals surface area contributed by atoms with Gasteiger partial charge in [0.2, 0.25) is 0 Å². The van der Waals surface area contributed by atoms with Crippen LogP contribution in [0, 0.1) is 0 Å². The Labute approximate surface area is 57.6 Å². The fourth-order valence-corrected chi connectivity index (χ4v) is 0.435. The minimum absolute atomic E-state index is 0.962. The van der Waals surface area contributed by atoms with Gasteiger partial charge in [0.05, 0.1) is 0 Å². The quantitative estimate of drug-likeness (QED) is 0.398. The lowest BCUT2D eigenvalue weighted by Crippen LogP contribution is -1.59. The molecular weight excluding hydrogens is 108 g/mol. The molecule has 0 rings (SSSR count). The highest BCUT2D eigenvalue weighted by atomic mass is 13.8. The monoisotopic (exact) mass is 122 g/mol. The summed E-state index contributed by atoms with van der Waals surface area (Å²) in [5.74, 6) is 0. The molecule has 0 aliphatic carbocycles. The zero-order valence-corrected chi connectivity index (χ0v) is 6.22. The summed E-state index contributed by atoms with van der Waals surface area (Å²) in [5.41, 5.74) is 1.33. The van der Waals surface area contributed by atoms with E-state index in [4.69, 9.17) is 0 Å². The highest BCUT2D eigenvalue weighted by molar-refractivity contribution is 5.08. The lowest BCUT2D eigenvalue weighted by molar-refractivity contribution is 1.37. The molecule has 0 heterocycles. The lowest BCUT2D eigenvalue weighted by atomic mass is 10.3. The third-order valence-corrected chi connectivity index (χ3v) is 0.868. The fourth-order valence-electron chi connectivity index (χ4n) is 0.435. The highest BCUT2D eigenvalue weighted by Gasteiger charge is 1.68. The van der Waals surface area contributed by atoms with Crippen molar-refractivity contribution in [3.63, 3.8) is 0 Å². The van der Waals surface area contributed by atoms with Crippen LogP contribution in [0.25, 0.3) is 0 Å². The van der Waals surface area contributed by atoms with Crippen LogP contribution in [-0.4, -0.2) is 0 Å². The number of hydrogen-bond donors (Lipinski definition) is 0. The molecule has 0 atom stereocenters. The second-order valence-corrected chi connectivity index (χ2v) is 2.20. The average molecular weight is 122 g/mol. The van der Waals surface area contributed by atoms with Crippen LogP contribution in [0.1, 0.15) is 20.3 Å². The second kappa shape index (κ2) is 5.36. The van der Waals surface area contributed by atoms with Gasteiger partial charge in [-0.3, -0.25) is 0 Å². The molecule has 9 heavy (non-hydrogen) atoms. The topological polar surface area (TPSA) is 0 Å². The summed E-state index contributed by atoms with van der Waals surface area (Å²) in [6.07, 6.45) is 9.07. The van der Waals surface area contributed by atoms with E-state index in [-0.39, 0.29) is 0 Å². The Morgan fingerprint density at radius 3 is 2.56 bits per heavy atom. The van der Waals surface area contributed by atoms with Crippen LogP contribution in [0.4, 0.5) is 0 Å². The van der Waals surface area contributed by atoms with E-state index < -0.39 is 0 Å². The smallest absolute Gasteiger partial charge is 0.0169 e. The van der Waals surface area contributed by atoms with Crippen molar-refractivity contribution in [1.82, 2.24) is 0 Å². The first-order chi connectivity index (χ1) is 4.27. The maximum Gasteiger partial charge on any atom is -0.0169 e. The SMILES string of the molecule is C=CCC=CC=C(C)C. The third kappa shape index (κ3) is 7.22. The van der Waals surface area contributed by atoms with Gasteiger partial charge in [-0.05, 0) is 20.3 Å². The Morgan fingerprint density at radius 2 is 2.11 bits per heavy atom. The molecule has 0 saturated carbocycles. The number of rotatable bonds is 3. The Balaban J connectivity index is 3.47. The van der Waals surface area contributed by atoms with Crippen LogP contribution in [0.2, 0.25) is 0 Å². The van der Waals surface area contributed by atoms with Crippen LogP contribution in [-0.2, 0) is 0 Å². The number of allylic oxidation sites excluding steroid dienone is 5. The van der Waals surface area contributed by atoms with Gasteiger partial charge in [0, 0.05) is 0 Å². The molecule has 0 aliphatic rings. The van der Waals surface area contributed by atoms with E-state index >= 15 is 0 Å². The largest absolute Gasteiger partial charge is 0.103 e. The zero-order valence-electron chi connectivity index (χ0n) is 6.22. The fraction of sp³-hybridized carbons (Fsp3) is 0.333. The van der Waals surface area contributed by atoms with Gasteiger partial charge in [0.25, 0.3) is 0 Å². The predicted molar refractivity (Wildman–Crippen MR) is 43.4 cm³/mol. The van der Waals surface area contributed by atoms with Crippen molar-refractivity contribution < 1.29 is 0 Å². The zero-order chi connectivity index (χ0) is 7.11. The maximum atomic E-state index is 3.61. The Morgan fingerprint density at radius 1 is 1.44 bits per heavy atom. The van der Waals surface area contributed by atoms with Gasteiger partial charge in [-0.1, -0.05) is 29.9 Å². The van der Waals surface area contributed by atoms with Crippen molar-refractivity contribution in [3.05, 3.63) is 36.5 Å². The molecular formula is C9H14. The predicted octanol–water partition coefficient (Wildman–Crippen LogP) is 3.08. The Bertz CT molecular complexity index is 123. The average Bonchev–Trinajstić information content (AvgIpc) is 1.80. The maximum absolute atomic E-state index is 3.61. The van der Waals surface area contributed by atoms with Crippen molar-refractivity contribution in [3.8, 4) is 0 Å². The summed E-state index contributed by atoms with van der Waals surface area (Å²) in [5, 5.41) is 0. The van der Waals surface area contributed by atoms with Crippen LogP contribution < -0.4 is 0 Å². The van der Waals surface area contributed by atoms with Gasteiger partial charge in [-0.15, -0.1) is 6.58 Å². The van der Waals surface area contributed by atoms with Crippen LogP contribution in [0.3, 0.4) is 0 Å². The van der Waals surface area contributed by atoms with Gasteiger partial charge in [0.15, 0.2) is 0 Å². The molecule has 0 N–H and O–H groups in total. The molecule has 0 bridgehead atoms. The summed E-state index contributed by atoms with van der Waals surface area (Å²) in [6.45, 7) is 7.77. The summed E-state index contributed by atoms with van der Waals surface area (Å²) in [6, 6.07) is 0. The Hall–Kier alpha value is -0.780. The normalized spacial score (nSPS) is 9.56. The van der Waals surface area contributed by atoms with Gasteiger partial charge >= 0.3 is 0 Å². The molecule has 0 aromatic rings. The molecule has 0 nitrogen and oxygen atoms in total. The summed E-state index contributed by atoms with van der Waals surface area (Å²) >= 11 is 0. The van der Waals surface area contributed by atoms with E-state index in [1.54, 1.807) is 0 Å². The van der Waals surface area contributed by atoms with E-state index in [0.29, 0.717) is 0 Å². The van der Waals surface area contributed by atoms with Crippen molar-refractivity contribution in [2.24, 2.45) is 0 Å². The minimum Gasteiger partial charge on any atom is -0.103 e. The summed E-state index contributed by atoms with van der Waals surface area (Å²) in [4.78, 5) is 0. The highest BCUT2D eigenvalue weighted by Crippen LogP contribution is 1.90. The van der Waals surface area contributed by atoms with Gasteiger partial charge < -0.3 is 0 Å². The molecule has 0 saturated heterocycles. The minimum atomic E-state index is 0.962. The second-order valence-electron chi connectivity index (χ2n) is 2.20. The summed E-state index contributed by atoms with van der Waals surface area (Å²) in [7, 11) is 0. The van der Waals surface area contributed by atoms with E-state index in [0.717, 1.165) is 6.42 Å². The van der Waals surface area contributed by atoms with Crippen molar-refractivity contribution in [2.75, 3.05) is 0 Å². The standard InChI is InChI=1S/C9H14/c1-4-5-6-7-8-9(2)3/h4,6-8H,1,5H2,2-3H3. The summed E-state index contributed by atoms with van der Waals surface area (Å²) < 4.78 is 0. The van der Waals surface area contributed by atoms with Crippen molar-refractivity contribution >= 4 is 0 Å². The van der Waals surface area contributed by atoms with Crippen molar-refractivity contribution in [2.45, 2.75) is 20.3 Å². The molecule has 0 aliphatic heterocycles. The molecule has 0 aromatic heterocycles. The Kier molecular flexibility index (Phi) is 4.89. The molecule has 0 unspecified atom stereocenters. The first-order valence-corrected chi connectivity index (χ1v) is 3.18. The molecule has 0 amide bonds. The van der Waals surface area contributed by atoms with Crippen LogP contribution in [0.5, 0.6) is 0 Å². The molecule has 0 fully saturated rings. The molecule has 0 spiro atoms. The van der Waals surface area contributed by atoms with E-state index in [1.165, 1.54) is 5.57 Å². The van der Waals surface area contributed by atoms with E-state index in [1.807, 2.05) is 6.08 Å². The molecule has 50 valence electrons. The van der Waals surface area contributed by atoms with Crippen LogP contribution in [0.15, 0.2) is 36.5 Å². The van der Waals surface area contributed by atoms with E-state index in [2.05, 4.69) is 38.7 Å². The first-order valence-electron chi connectivity index (χ1n) is 3.18. The van der Waals surface area contributed by atoms with Gasteiger partial charge in [-0.25, -0.2) is 0 Å². The molecule has 0 heteroatoms.